The number of nitrogens with zero attached hydrogens (tertiary/aromatic N) is 2. The zero-order valence-electron chi connectivity index (χ0n) is 9.24. The summed E-state index contributed by atoms with van der Waals surface area (Å²) in [4.78, 5) is 4.24. The van der Waals surface area contributed by atoms with Gasteiger partial charge in [-0.15, -0.1) is 0 Å². The van der Waals surface area contributed by atoms with Crippen molar-refractivity contribution in [1.29, 1.82) is 5.26 Å². The number of benzene rings is 1. The maximum absolute atomic E-state index is 8.98. The number of para-hydroxylation sites is 1. The first-order valence-electron chi connectivity index (χ1n) is 5.09. The van der Waals surface area contributed by atoms with Gasteiger partial charge in [-0.1, -0.05) is 12.1 Å². The molecule has 0 bridgehead atoms. The van der Waals surface area contributed by atoms with Gasteiger partial charge in [0.1, 0.15) is 11.9 Å². The summed E-state index contributed by atoms with van der Waals surface area (Å²) in [6.07, 6.45) is 1.74. The van der Waals surface area contributed by atoms with Crippen molar-refractivity contribution in [2.24, 2.45) is 0 Å². The molecule has 0 atom stereocenters. The van der Waals surface area contributed by atoms with E-state index in [0.29, 0.717) is 5.56 Å². The van der Waals surface area contributed by atoms with E-state index < -0.39 is 0 Å². The van der Waals surface area contributed by atoms with Gasteiger partial charge in [-0.2, -0.15) is 5.26 Å². The van der Waals surface area contributed by atoms with Crippen LogP contribution in [0.15, 0.2) is 41.0 Å². The smallest absolute Gasteiger partial charge is 0.130 e. The summed E-state index contributed by atoms with van der Waals surface area (Å²) in [5, 5.41) is 12.1. The van der Waals surface area contributed by atoms with Crippen LogP contribution in [0.3, 0.4) is 0 Å². The van der Waals surface area contributed by atoms with Crippen LogP contribution in [0, 0.1) is 18.3 Å². The van der Waals surface area contributed by atoms with Gasteiger partial charge in [0.05, 0.1) is 11.3 Å². The topological polar surface area (TPSA) is 48.7 Å². The van der Waals surface area contributed by atoms with Crippen LogP contribution >= 0.6 is 15.9 Å². The quantitative estimate of drug-likeness (QED) is 0.915. The van der Waals surface area contributed by atoms with Gasteiger partial charge in [-0.05, 0) is 46.6 Å². The zero-order valence-corrected chi connectivity index (χ0v) is 10.8. The van der Waals surface area contributed by atoms with Crippen molar-refractivity contribution < 1.29 is 0 Å². The Hall–Kier alpha value is -1.86. The summed E-state index contributed by atoms with van der Waals surface area (Å²) in [5.41, 5.74) is 2.47. The van der Waals surface area contributed by atoms with E-state index in [4.69, 9.17) is 5.26 Å². The second kappa shape index (κ2) is 4.98. The van der Waals surface area contributed by atoms with Crippen LogP contribution in [0.5, 0.6) is 0 Å². The Bertz CT molecular complexity index is 587. The number of nitriles is 1. The number of halogens is 1. The van der Waals surface area contributed by atoms with Gasteiger partial charge in [0.2, 0.25) is 0 Å². The minimum Gasteiger partial charge on any atom is -0.339 e. The largest absolute Gasteiger partial charge is 0.339 e. The Morgan fingerprint density at radius 3 is 2.82 bits per heavy atom. The zero-order chi connectivity index (χ0) is 12.3. The van der Waals surface area contributed by atoms with Crippen molar-refractivity contribution in [3.63, 3.8) is 0 Å². The molecule has 1 heterocycles. The molecule has 0 saturated carbocycles. The SMILES string of the molecule is Cc1cc(Nc2ccccc2C#N)ncc1Br. The third-order valence-corrected chi connectivity index (χ3v) is 3.19. The van der Waals surface area contributed by atoms with Gasteiger partial charge in [0, 0.05) is 10.7 Å². The predicted octanol–water partition coefficient (Wildman–Crippen LogP) is 3.77. The van der Waals surface area contributed by atoms with E-state index in [9.17, 15) is 0 Å². The predicted molar refractivity (Wildman–Crippen MR) is 71.1 cm³/mol. The van der Waals surface area contributed by atoms with E-state index in [1.165, 1.54) is 0 Å². The van der Waals surface area contributed by atoms with Gasteiger partial charge >= 0.3 is 0 Å². The van der Waals surface area contributed by atoms with Gasteiger partial charge < -0.3 is 5.32 Å². The molecule has 1 aromatic heterocycles. The minimum absolute atomic E-state index is 0.606. The molecule has 84 valence electrons. The molecule has 0 radical (unpaired) electrons. The Balaban J connectivity index is 2.32. The highest BCUT2D eigenvalue weighted by atomic mass is 79.9. The number of rotatable bonds is 2. The Morgan fingerprint density at radius 1 is 1.35 bits per heavy atom. The number of nitrogens with one attached hydrogen (secondary N) is 1. The van der Waals surface area contributed by atoms with E-state index in [1.807, 2.05) is 31.2 Å². The molecule has 0 amide bonds. The lowest BCUT2D eigenvalue weighted by Crippen LogP contribution is -1.96. The lowest BCUT2D eigenvalue weighted by atomic mass is 10.2. The van der Waals surface area contributed by atoms with Crippen molar-refractivity contribution in [2.75, 3.05) is 5.32 Å². The molecule has 1 aromatic carbocycles. The average Bonchev–Trinajstić information content (AvgIpc) is 2.34. The van der Waals surface area contributed by atoms with Crippen molar-refractivity contribution in [1.82, 2.24) is 4.98 Å². The average molecular weight is 288 g/mol. The molecule has 2 rings (SSSR count). The molecule has 0 fully saturated rings. The normalized spacial score (nSPS) is 9.71. The molecule has 1 N–H and O–H groups in total. The fraction of sp³-hybridized carbons (Fsp3) is 0.0769. The standard InChI is InChI=1S/C13H10BrN3/c1-9-6-13(16-8-11(9)14)17-12-5-3-2-4-10(12)7-15/h2-6,8H,1H3,(H,16,17). The van der Waals surface area contributed by atoms with Crippen molar-refractivity contribution in [2.45, 2.75) is 6.92 Å². The van der Waals surface area contributed by atoms with Crippen LogP contribution in [0.2, 0.25) is 0 Å². The molecule has 3 nitrogen and oxygen atoms in total. The Labute approximate surface area is 108 Å². The molecule has 0 unspecified atom stereocenters. The van der Waals surface area contributed by atoms with E-state index in [-0.39, 0.29) is 0 Å². The summed E-state index contributed by atoms with van der Waals surface area (Å²) in [5.74, 6) is 0.730. The fourth-order valence-electron chi connectivity index (χ4n) is 1.44. The second-order valence-electron chi connectivity index (χ2n) is 3.60. The molecule has 0 aliphatic heterocycles. The van der Waals surface area contributed by atoms with E-state index in [2.05, 4.69) is 32.3 Å². The summed E-state index contributed by atoms with van der Waals surface area (Å²) >= 11 is 3.40. The van der Waals surface area contributed by atoms with Crippen LogP contribution in [0.25, 0.3) is 0 Å². The third-order valence-electron chi connectivity index (χ3n) is 2.36. The van der Waals surface area contributed by atoms with Gasteiger partial charge in [-0.3, -0.25) is 0 Å². The van der Waals surface area contributed by atoms with E-state index in [0.717, 1.165) is 21.5 Å². The molecule has 0 aliphatic carbocycles. The fourth-order valence-corrected chi connectivity index (χ4v) is 1.65. The number of aryl methyl sites for hydroxylation is 1. The number of pyridine rings is 1. The minimum atomic E-state index is 0.606. The monoisotopic (exact) mass is 287 g/mol. The maximum Gasteiger partial charge on any atom is 0.130 e. The molecule has 0 saturated heterocycles. The molecule has 2 aromatic rings. The molecular weight excluding hydrogens is 278 g/mol. The van der Waals surface area contributed by atoms with Crippen LogP contribution in [0.1, 0.15) is 11.1 Å². The van der Waals surface area contributed by atoms with Crippen molar-refractivity contribution in [3.05, 3.63) is 52.1 Å². The van der Waals surface area contributed by atoms with E-state index >= 15 is 0 Å². The lowest BCUT2D eigenvalue weighted by molar-refractivity contribution is 1.25. The van der Waals surface area contributed by atoms with Crippen LogP contribution < -0.4 is 5.32 Å². The summed E-state index contributed by atoms with van der Waals surface area (Å²) < 4.78 is 0.969. The summed E-state index contributed by atoms with van der Waals surface area (Å²) in [7, 11) is 0. The number of hydrogen-bond donors (Lipinski definition) is 1. The maximum atomic E-state index is 8.98. The lowest BCUT2D eigenvalue weighted by Gasteiger charge is -2.08. The van der Waals surface area contributed by atoms with Crippen LogP contribution in [0.4, 0.5) is 11.5 Å². The van der Waals surface area contributed by atoms with Crippen LogP contribution in [-0.4, -0.2) is 4.98 Å². The highest BCUT2D eigenvalue weighted by Gasteiger charge is 2.03. The molecule has 4 heteroatoms. The number of hydrogen-bond acceptors (Lipinski definition) is 3. The van der Waals surface area contributed by atoms with E-state index in [1.54, 1.807) is 12.3 Å². The number of anilines is 2. The second-order valence-corrected chi connectivity index (χ2v) is 4.46. The highest BCUT2D eigenvalue weighted by molar-refractivity contribution is 9.10. The number of aromatic nitrogens is 1. The Morgan fingerprint density at radius 2 is 2.12 bits per heavy atom. The first-order valence-corrected chi connectivity index (χ1v) is 5.88. The van der Waals surface area contributed by atoms with Crippen molar-refractivity contribution >= 4 is 27.4 Å². The molecule has 0 spiro atoms. The van der Waals surface area contributed by atoms with Crippen molar-refractivity contribution in [3.8, 4) is 6.07 Å². The third kappa shape index (κ3) is 2.63. The molecular formula is C13H10BrN3. The van der Waals surface area contributed by atoms with Gasteiger partial charge in [0.25, 0.3) is 0 Å². The summed E-state index contributed by atoms with van der Waals surface area (Å²) in [6, 6.07) is 11.4. The van der Waals surface area contributed by atoms with Gasteiger partial charge in [0.15, 0.2) is 0 Å². The molecule has 17 heavy (non-hydrogen) atoms. The first-order chi connectivity index (χ1) is 8.20. The molecule has 0 aliphatic rings. The van der Waals surface area contributed by atoms with Gasteiger partial charge in [-0.25, -0.2) is 4.98 Å². The Kier molecular flexibility index (Phi) is 3.40. The highest BCUT2D eigenvalue weighted by Crippen LogP contribution is 2.22. The summed E-state index contributed by atoms with van der Waals surface area (Å²) in [6.45, 7) is 1.99. The first kappa shape index (κ1) is 11.6. The van der Waals surface area contributed by atoms with Crippen LogP contribution in [-0.2, 0) is 0 Å².